The van der Waals surface area contributed by atoms with Crippen LogP contribution in [-0.2, 0) is 16.6 Å². The molecule has 0 unspecified atom stereocenters. The SMILES string of the molecule is NCc1cn[nH]c1NS(=O)(=O)C1CCCC1. The van der Waals surface area contributed by atoms with Crippen molar-refractivity contribution in [3.05, 3.63) is 11.8 Å². The molecule has 16 heavy (non-hydrogen) atoms. The lowest BCUT2D eigenvalue weighted by Gasteiger charge is -2.12. The number of aromatic amines is 1. The smallest absolute Gasteiger partial charge is 0.236 e. The lowest BCUT2D eigenvalue weighted by Crippen LogP contribution is -2.26. The molecule has 1 aliphatic carbocycles. The van der Waals surface area contributed by atoms with Crippen molar-refractivity contribution in [1.82, 2.24) is 10.2 Å². The lowest BCUT2D eigenvalue weighted by molar-refractivity contribution is 0.585. The van der Waals surface area contributed by atoms with Crippen LogP contribution in [0.25, 0.3) is 0 Å². The van der Waals surface area contributed by atoms with Gasteiger partial charge in [0.1, 0.15) is 5.82 Å². The van der Waals surface area contributed by atoms with Crippen LogP contribution in [0.1, 0.15) is 31.2 Å². The summed E-state index contributed by atoms with van der Waals surface area (Å²) in [5.74, 6) is 0.398. The minimum absolute atomic E-state index is 0.263. The van der Waals surface area contributed by atoms with Crippen molar-refractivity contribution in [2.45, 2.75) is 37.5 Å². The van der Waals surface area contributed by atoms with Crippen molar-refractivity contribution in [2.75, 3.05) is 4.72 Å². The number of nitrogens with one attached hydrogen (secondary N) is 2. The Hall–Kier alpha value is -1.08. The van der Waals surface area contributed by atoms with Crippen LogP contribution >= 0.6 is 0 Å². The average molecular weight is 244 g/mol. The second-order valence-electron chi connectivity index (χ2n) is 4.03. The number of nitrogens with zero attached hydrogens (tertiary/aromatic N) is 1. The summed E-state index contributed by atoms with van der Waals surface area (Å²) in [6.07, 6.45) is 4.98. The van der Waals surface area contributed by atoms with Crippen LogP contribution in [-0.4, -0.2) is 23.9 Å². The molecule has 0 radical (unpaired) electrons. The van der Waals surface area contributed by atoms with Gasteiger partial charge in [0.2, 0.25) is 10.0 Å². The Morgan fingerprint density at radius 2 is 2.19 bits per heavy atom. The number of H-pyrrole nitrogens is 1. The summed E-state index contributed by atoms with van der Waals surface area (Å²) >= 11 is 0. The van der Waals surface area contributed by atoms with E-state index in [0.29, 0.717) is 11.4 Å². The first-order chi connectivity index (χ1) is 7.63. The van der Waals surface area contributed by atoms with E-state index in [1.807, 2.05) is 0 Å². The zero-order valence-electron chi connectivity index (χ0n) is 8.94. The van der Waals surface area contributed by atoms with Crippen molar-refractivity contribution in [1.29, 1.82) is 0 Å². The van der Waals surface area contributed by atoms with Gasteiger partial charge in [0, 0.05) is 12.1 Å². The van der Waals surface area contributed by atoms with Gasteiger partial charge in [0.25, 0.3) is 0 Å². The van der Waals surface area contributed by atoms with Gasteiger partial charge in [0.15, 0.2) is 0 Å². The molecule has 1 aromatic rings. The van der Waals surface area contributed by atoms with E-state index in [1.54, 1.807) is 0 Å². The van der Waals surface area contributed by atoms with Crippen LogP contribution in [0.5, 0.6) is 0 Å². The first-order valence-corrected chi connectivity index (χ1v) is 6.92. The Morgan fingerprint density at radius 3 is 2.81 bits per heavy atom. The van der Waals surface area contributed by atoms with E-state index in [0.717, 1.165) is 25.7 Å². The quantitative estimate of drug-likeness (QED) is 0.720. The van der Waals surface area contributed by atoms with Crippen LogP contribution in [0, 0.1) is 0 Å². The number of hydrogen-bond donors (Lipinski definition) is 3. The van der Waals surface area contributed by atoms with Crippen LogP contribution < -0.4 is 10.5 Å². The fourth-order valence-electron chi connectivity index (χ4n) is 1.98. The standard InChI is InChI=1S/C9H16N4O2S/c10-5-7-6-11-12-9(7)13-16(14,15)8-3-1-2-4-8/h6,8H,1-5,10H2,(H2,11,12,13). The van der Waals surface area contributed by atoms with Gasteiger partial charge in [-0.1, -0.05) is 12.8 Å². The zero-order valence-corrected chi connectivity index (χ0v) is 9.76. The summed E-state index contributed by atoms with van der Waals surface area (Å²) in [6.45, 7) is 0.263. The molecule has 4 N–H and O–H groups in total. The van der Waals surface area contributed by atoms with E-state index in [-0.39, 0.29) is 11.8 Å². The number of aromatic nitrogens is 2. The highest BCUT2D eigenvalue weighted by atomic mass is 32.2. The Morgan fingerprint density at radius 1 is 1.50 bits per heavy atom. The molecule has 2 rings (SSSR count). The number of sulfonamides is 1. The average Bonchev–Trinajstić information content (AvgIpc) is 2.86. The fraction of sp³-hybridized carbons (Fsp3) is 0.667. The number of anilines is 1. The molecule has 90 valence electrons. The maximum Gasteiger partial charge on any atom is 0.236 e. The third-order valence-corrected chi connectivity index (χ3v) is 4.76. The van der Waals surface area contributed by atoms with Gasteiger partial charge in [-0.3, -0.25) is 9.82 Å². The predicted molar refractivity (Wildman–Crippen MR) is 61.3 cm³/mol. The minimum Gasteiger partial charge on any atom is -0.326 e. The Labute approximate surface area is 94.7 Å². The molecule has 0 bridgehead atoms. The summed E-state index contributed by atoms with van der Waals surface area (Å²) in [4.78, 5) is 0. The van der Waals surface area contributed by atoms with E-state index >= 15 is 0 Å². The second-order valence-corrected chi connectivity index (χ2v) is 5.99. The summed E-state index contributed by atoms with van der Waals surface area (Å²) in [7, 11) is -3.29. The van der Waals surface area contributed by atoms with E-state index in [1.165, 1.54) is 6.20 Å². The van der Waals surface area contributed by atoms with Gasteiger partial charge in [-0.2, -0.15) is 5.10 Å². The monoisotopic (exact) mass is 244 g/mol. The van der Waals surface area contributed by atoms with Crippen molar-refractivity contribution in [3.8, 4) is 0 Å². The summed E-state index contributed by atoms with van der Waals surface area (Å²) in [6, 6.07) is 0. The predicted octanol–water partition coefficient (Wildman–Crippen LogP) is 0.553. The fourth-order valence-corrected chi connectivity index (χ4v) is 3.56. The molecule has 0 aliphatic heterocycles. The first kappa shape index (κ1) is 11.4. The number of rotatable bonds is 4. The van der Waals surface area contributed by atoms with Crippen LogP contribution in [0.15, 0.2) is 6.20 Å². The number of nitrogens with two attached hydrogens (primary N) is 1. The number of hydrogen-bond acceptors (Lipinski definition) is 4. The van der Waals surface area contributed by atoms with E-state index in [2.05, 4.69) is 14.9 Å². The van der Waals surface area contributed by atoms with Crippen molar-refractivity contribution >= 4 is 15.8 Å². The van der Waals surface area contributed by atoms with Gasteiger partial charge in [-0.05, 0) is 12.8 Å². The van der Waals surface area contributed by atoms with Gasteiger partial charge in [-0.25, -0.2) is 8.42 Å². The lowest BCUT2D eigenvalue weighted by atomic mass is 10.3. The maximum atomic E-state index is 12.0. The molecule has 0 saturated heterocycles. The van der Waals surface area contributed by atoms with E-state index in [9.17, 15) is 8.42 Å². The molecular weight excluding hydrogens is 228 g/mol. The van der Waals surface area contributed by atoms with E-state index < -0.39 is 10.0 Å². The van der Waals surface area contributed by atoms with Gasteiger partial charge >= 0.3 is 0 Å². The highest BCUT2D eigenvalue weighted by Crippen LogP contribution is 2.26. The highest BCUT2D eigenvalue weighted by Gasteiger charge is 2.29. The third kappa shape index (κ3) is 2.19. The van der Waals surface area contributed by atoms with Gasteiger partial charge < -0.3 is 5.73 Å². The summed E-state index contributed by atoms with van der Waals surface area (Å²) in [5.41, 5.74) is 6.15. The zero-order chi connectivity index (χ0) is 11.6. The second kappa shape index (κ2) is 4.42. The highest BCUT2D eigenvalue weighted by molar-refractivity contribution is 7.93. The Kier molecular flexibility index (Phi) is 3.15. The molecule has 0 spiro atoms. The van der Waals surface area contributed by atoms with Gasteiger partial charge in [-0.15, -0.1) is 0 Å². The molecule has 6 nitrogen and oxygen atoms in total. The molecule has 1 aromatic heterocycles. The molecule has 0 aromatic carbocycles. The van der Waals surface area contributed by atoms with Crippen molar-refractivity contribution < 1.29 is 8.42 Å². The van der Waals surface area contributed by atoms with E-state index in [4.69, 9.17) is 5.73 Å². The molecule has 1 fully saturated rings. The topological polar surface area (TPSA) is 101 Å². The molecule has 7 heteroatoms. The summed E-state index contributed by atoms with van der Waals surface area (Å²) in [5, 5.41) is 6.11. The van der Waals surface area contributed by atoms with Crippen LogP contribution in [0.2, 0.25) is 0 Å². The molecule has 1 aliphatic rings. The third-order valence-electron chi connectivity index (χ3n) is 2.92. The Bertz CT molecular complexity index is 448. The van der Waals surface area contributed by atoms with Gasteiger partial charge in [0.05, 0.1) is 11.4 Å². The Balaban J connectivity index is 2.14. The van der Waals surface area contributed by atoms with Crippen LogP contribution in [0.3, 0.4) is 0 Å². The maximum absolute atomic E-state index is 12.0. The molecular formula is C9H16N4O2S. The minimum atomic E-state index is -3.29. The van der Waals surface area contributed by atoms with Crippen molar-refractivity contribution in [3.63, 3.8) is 0 Å². The van der Waals surface area contributed by atoms with Crippen LogP contribution in [0.4, 0.5) is 5.82 Å². The first-order valence-electron chi connectivity index (χ1n) is 5.37. The summed E-state index contributed by atoms with van der Waals surface area (Å²) < 4.78 is 26.5. The van der Waals surface area contributed by atoms with Crippen molar-refractivity contribution in [2.24, 2.45) is 5.73 Å². The molecule has 0 amide bonds. The normalized spacial score (nSPS) is 17.8. The molecule has 1 saturated carbocycles. The molecule has 0 atom stereocenters. The molecule has 1 heterocycles. The largest absolute Gasteiger partial charge is 0.326 e.